The van der Waals surface area contributed by atoms with Gasteiger partial charge in [0.1, 0.15) is 16.3 Å². The summed E-state index contributed by atoms with van der Waals surface area (Å²) in [6.07, 6.45) is 0. The van der Waals surface area contributed by atoms with E-state index >= 15 is 0 Å². The first-order valence-corrected chi connectivity index (χ1v) is 27.4. The number of nitrogens with one attached hydrogen (secondary N) is 3. The zero-order valence-corrected chi connectivity index (χ0v) is 41.3. The largest absolute Gasteiger partial charge is 0.505 e. The number of nitrogens with zero attached hydrogens (tertiary/aromatic N) is 8. The van der Waals surface area contributed by atoms with Crippen molar-refractivity contribution in [2.24, 2.45) is 10.2 Å². The first kappa shape index (κ1) is 53.0. The zero-order valence-electron chi connectivity index (χ0n) is 34.8. The number of anilines is 5. The van der Waals surface area contributed by atoms with Crippen LogP contribution in [0, 0.1) is 0 Å². The van der Waals surface area contributed by atoms with Gasteiger partial charge in [-0.05, 0) is 82.5 Å². The number of aromatic hydroxyl groups is 1. The van der Waals surface area contributed by atoms with Gasteiger partial charge in [-0.3, -0.25) is 13.7 Å². The number of fused-ring (bicyclic) bond motifs is 2. The van der Waals surface area contributed by atoms with Crippen molar-refractivity contribution >= 4 is 150 Å². The van der Waals surface area contributed by atoms with Crippen LogP contribution in [0.5, 0.6) is 5.75 Å². The fourth-order valence-electron chi connectivity index (χ4n) is 6.21. The van der Waals surface area contributed by atoms with Gasteiger partial charge in [0.25, 0.3) is 20.2 Å². The summed E-state index contributed by atoms with van der Waals surface area (Å²) < 4.78 is 134. The van der Waals surface area contributed by atoms with E-state index in [4.69, 9.17) is 33.0 Å². The van der Waals surface area contributed by atoms with E-state index in [1.807, 2.05) is 0 Å². The molecule has 27 nitrogen and oxygen atoms in total. The van der Waals surface area contributed by atoms with Crippen molar-refractivity contribution in [3.05, 3.63) is 89.4 Å². The highest BCUT2D eigenvalue weighted by molar-refractivity contribution is 7.99. The maximum Gasteiger partial charge on any atom is 0.397 e. The maximum atomic E-state index is 12.6. The molecule has 374 valence electrons. The van der Waals surface area contributed by atoms with Gasteiger partial charge in [-0.25, -0.2) is 17.9 Å². The highest BCUT2D eigenvalue weighted by Crippen LogP contribution is 2.48. The van der Waals surface area contributed by atoms with Crippen molar-refractivity contribution in [2.75, 3.05) is 40.6 Å². The Bertz CT molecular complexity index is 3680. The Morgan fingerprint density at radius 1 is 0.704 bits per heavy atom. The van der Waals surface area contributed by atoms with Crippen LogP contribution in [0.1, 0.15) is 0 Å². The summed E-state index contributed by atoms with van der Waals surface area (Å²) >= 11 is 13.7. The van der Waals surface area contributed by atoms with Gasteiger partial charge in [0, 0.05) is 28.8 Å². The van der Waals surface area contributed by atoms with Gasteiger partial charge in [0.15, 0.2) is 20.7 Å². The maximum absolute atomic E-state index is 12.6. The standard InChI is InChI=1S/C36H29Cl2N11O16S6/c37-31-42-33(46-34(43-31)40-20-6-8-21(9-7-20)68(52,53)14-12-63-71(60,61)62)39-11-13-66-36-45-32(38)44-35(47-36)41-25-17-22(69(54,55)56)15-19-16-26(67-65-64-51)28(29(50)27(19)25)49-48-24-10-5-18-3-1-2-4-23(18)30(24)70(57,58)59/h1-10,15-17,50-51H,11-14H2,(H,54,55,56)(H,57,58,59)(H,60,61,62)(H,41,44,45,47)(H2,39,40,42,43,46). The zero-order chi connectivity index (χ0) is 51.3. The van der Waals surface area contributed by atoms with Gasteiger partial charge in [-0.1, -0.05) is 47.1 Å². The predicted molar refractivity (Wildman–Crippen MR) is 255 cm³/mol. The predicted octanol–water partition coefficient (Wildman–Crippen LogP) is 7.00. The molecule has 2 heterocycles. The van der Waals surface area contributed by atoms with E-state index in [0.717, 1.165) is 23.9 Å². The molecule has 0 unspecified atom stereocenters. The second-order valence-electron chi connectivity index (χ2n) is 13.7. The highest BCUT2D eigenvalue weighted by atomic mass is 35.5. The molecule has 0 aliphatic heterocycles. The molecule has 5 aromatic carbocycles. The van der Waals surface area contributed by atoms with Gasteiger partial charge < -0.3 is 21.1 Å². The van der Waals surface area contributed by atoms with Crippen LogP contribution in [-0.4, -0.2) is 112 Å². The summed E-state index contributed by atoms with van der Waals surface area (Å²) in [7, 11) is -18.7. The number of hydrogen-bond donors (Lipinski definition) is 8. The summed E-state index contributed by atoms with van der Waals surface area (Å²) in [5.41, 5.74) is -0.737. The number of hydrogen-bond acceptors (Lipinski definition) is 26. The Balaban J connectivity index is 1.10. The molecule has 2 aromatic heterocycles. The normalized spacial score (nSPS) is 12.5. The Morgan fingerprint density at radius 2 is 1.39 bits per heavy atom. The molecule has 0 fully saturated rings. The molecule has 0 amide bonds. The monoisotopic (exact) mass is 1130 g/mol. The minimum Gasteiger partial charge on any atom is -0.505 e. The van der Waals surface area contributed by atoms with Crippen LogP contribution < -0.4 is 16.0 Å². The number of phenolic OH excluding ortho intramolecular Hbond substituents is 1. The fourth-order valence-corrected chi connectivity index (χ4v) is 10.6. The van der Waals surface area contributed by atoms with Crippen LogP contribution in [0.25, 0.3) is 21.5 Å². The van der Waals surface area contributed by atoms with Crippen LogP contribution in [-0.2, 0) is 54.0 Å². The molecule has 7 aromatic rings. The number of azo groups is 1. The summed E-state index contributed by atoms with van der Waals surface area (Å²) in [5.74, 6) is -1.59. The number of benzene rings is 5. The Labute approximate surface area is 418 Å². The van der Waals surface area contributed by atoms with Gasteiger partial charge in [0.05, 0.1) is 44.8 Å². The third-order valence-electron chi connectivity index (χ3n) is 9.06. The quantitative estimate of drug-likeness (QED) is 0.00682. The second-order valence-corrected chi connectivity index (χ2v) is 22.2. The van der Waals surface area contributed by atoms with E-state index in [9.17, 15) is 47.9 Å². The van der Waals surface area contributed by atoms with E-state index in [0.29, 0.717) is 11.1 Å². The van der Waals surface area contributed by atoms with Crippen molar-refractivity contribution in [1.82, 2.24) is 29.9 Å². The third-order valence-corrected chi connectivity index (χ3v) is 14.8. The fraction of sp³-hybridized carbons (Fsp3) is 0.111. The van der Waals surface area contributed by atoms with Crippen LogP contribution >= 0.6 is 47.0 Å². The number of rotatable bonds is 21. The molecule has 0 saturated heterocycles. The van der Waals surface area contributed by atoms with Crippen LogP contribution in [0.2, 0.25) is 10.6 Å². The van der Waals surface area contributed by atoms with Crippen molar-refractivity contribution in [3.8, 4) is 5.75 Å². The lowest BCUT2D eigenvalue weighted by Gasteiger charge is -2.15. The lowest BCUT2D eigenvalue weighted by atomic mass is 10.1. The average molecular weight is 1130 g/mol. The highest BCUT2D eigenvalue weighted by Gasteiger charge is 2.24. The minimum absolute atomic E-state index is 0.0135. The molecule has 35 heteroatoms. The van der Waals surface area contributed by atoms with E-state index in [1.54, 1.807) is 12.1 Å². The Hall–Kier alpha value is -5.76. The number of sulfone groups is 1. The number of aromatic nitrogens is 6. The number of halogens is 2. The van der Waals surface area contributed by atoms with Crippen LogP contribution in [0.15, 0.2) is 114 Å². The minimum atomic E-state index is -4.94. The first-order valence-electron chi connectivity index (χ1n) is 19.0. The van der Waals surface area contributed by atoms with Crippen molar-refractivity contribution < 1.29 is 71.2 Å². The third kappa shape index (κ3) is 13.8. The van der Waals surface area contributed by atoms with Crippen LogP contribution in [0.3, 0.4) is 0 Å². The molecule has 0 atom stereocenters. The summed E-state index contributed by atoms with van der Waals surface area (Å²) in [6, 6.07) is 17.3. The topological polar surface area (TPSA) is 404 Å². The molecule has 0 radical (unpaired) electrons. The van der Waals surface area contributed by atoms with Gasteiger partial charge in [-0.15, -0.1) is 14.6 Å². The van der Waals surface area contributed by atoms with E-state index in [1.165, 1.54) is 54.6 Å². The van der Waals surface area contributed by atoms with Gasteiger partial charge in [-0.2, -0.15) is 55.2 Å². The summed E-state index contributed by atoms with van der Waals surface area (Å²) in [4.78, 5) is 23.1. The van der Waals surface area contributed by atoms with Gasteiger partial charge in [0.2, 0.25) is 28.4 Å². The molecule has 0 saturated carbocycles. The number of thioether (sulfide) groups is 1. The molecule has 0 aliphatic carbocycles. The van der Waals surface area contributed by atoms with E-state index in [2.05, 4.69) is 69.6 Å². The smallest absolute Gasteiger partial charge is 0.397 e. The first-order chi connectivity index (χ1) is 33.5. The second kappa shape index (κ2) is 21.9. The SMILES string of the molecule is O=S(=O)(O)OCCS(=O)(=O)c1ccc(Nc2nc(Cl)nc(NCCSc3nc(Cl)nc(Nc4cc(S(=O)(=O)O)cc5cc(SOOO)c(N=Nc6ccc7ccccc7c6S(=O)(=O)O)c(O)c45)n3)n2)cc1. The Kier molecular flexibility index (Phi) is 16.4. The lowest BCUT2D eigenvalue weighted by Crippen LogP contribution is -2.15. The summed E-state index contributed by atoms with van der Waals surface area (Å²) in [6.45, 7) is -0.655. The van der Waals surface area contributed by atoms with Gasteiger partial charge >= 0.3 is 10.4 Å². The molecular formula is C36H29Cl2N11O16S6. The molecule has 0 aliphatic rings. The molecule has 8 N–H and O–H groups in total. The summed E-state index contributed by atoms with van der Waals surface area (Å²) in [5, 5.41) is 40.7. The lowest BCUT2D eigenvalue weighted by molar-refractivity contribution is -0.432. The molecular weight excluding hydrogens is 1110 g/mol. The van der Waals surface area contributed by atoms with E-state index < -0.39 is 74.1 Å². The molecule has 7 rings (SSSR count). The number of phenols is 1. The average Bonchev–Trinajstić information content (AvgIpc) is 3.27. The Morgan fingerprint density at radius 3 is 2.08 bits per heavy atom. The molecule has 71 heavy (non-hydrogen) atoms. The van der Waals surface area contributed by atoms with Crippen molar-refractivity contribution in [2.45, 2.75) is 24.7 Å². The molecule has 0 bridgehead atoms. The van der Waals surface area contributed by atoms with Crippen LogP contribution in [0.4, 0.5) is 40.6 Å². The van der Waals surface area contributed by atoms with E-state index in [-0.39, 0.29) is 95.2 Å². The van der Waals surface area contributed by atoms with Crippen molar-refractivity contribution in [3.63, 3.8) is 0 Å². The van der Waals surface area contributed by atoms with Crippen molar-refractivity contribution in [1.29, 1.82) is 0 Å². The molecule has 0 spiro atoms.